The third-order valence-electron chi connectivity index (χ3n) is 7.22. The van der Waals surface area contributed by atoms with Gasteiger partial charge in [-0.3, -0.25) is 4.40 Å². The van der Waals surface area contributed by atoms with Gasteiger partial charge in [0, 0.05) is 35.8 Å². The molecule has 10 heteroatoms. The van der Waals surface area contributed by atoms with Crippen molar-refractivity contribution < 1.29 is 8.78 Å². The highest BCUT2D eigenvalue weighted by molar-refractivity contribution is 7.16. The van der Waals surface area contributed by atoms with E-state index in [1.165, 1.54) is 23.4 Å². The van der Waals surface area contributed by atoms with Crippen LogP contribution < -0.4 is 10.2 Å². The molecule has 4 aromatic rings. The van der Waals surface area contributed by atoms with Gasteiger partial charge in [0.1, 0.15) is 30.0 Å². The number of thiazole rings is 1. The first-order valence-electron chi connectivity index (χ1n) is 12.0. The minimum Gasteiger partial charge on any atom is -0.362 e. The second-order valence-corrected chi connectivity index (χ2v) is 10.7. The van der Waals surface area contributed by atoms with Gasteiger partial charge in [-0.15, -0.1) is 11.3 Å². The minimum absolute atomic E-state index is 0.101. The van der Waals surface area contributed by atoms with E-state index in [0.717, 1.165) is 41.4 Å². The van der Waals surface area contributed by atoms with E-state index in [1.54, 1.807) is 11.3 Å². The molecule has 4 aromatic heterocycles. The highest BCUT2D eigenvalue weighted by Crippen LogP contribution is 2.40. The third-order valence-corrected chi connectivity index (χ3v) is 8.13. The number of fused-ring (bicyclic) bond motifs is 2. The fourth-order valence-corrected chi connectivity index (χ4v) is 6.32. The van der Waals surface area contributed by atoms with Crippen LogP contribution in [0, 0.1) is 18.8 Å². The summed E-state index contributed by atoms with van der Waals surface area (Å²) < 4.78 is 31.4. The smallest absolute Gasteiger partial charge is 0.194 e. The van der Waals surface area contributed by atoms with E-state index in [2.05, 4.69) is 38.3 Å². The minimum atomic E-state index is -1.16. The molecule has 5 heterocycles. The molecule has 1 saturated heterocycles. The summed E-state index contributed by atoms with van der Waals surface area (Å²) in [5.41, 5.74) is 2.29. The van der Waals surface area contributed by atoms with Crippen molar-refractivity contribution in [3.05, 3.63) is 53.6 Å². The summed E-state index contributed by atoms with van der Waals surface area (Å²) in [4.78, 5) is 22.7. The van der Waals surface area contributed by atoms with E-state index >= 15 is 0 Å². The molecule has 182 valence electrons. The van der Waals surface area contributed by atoms with E-state index in [-0.39, 0.29) is 12.0 Å². The Balaban J connectivity index is 1.28. The van der Waals surface area contributed by atoms with E-state index in [9.17, 15) is 8.78 Å². The number of alkyl halides is 2. The first-order valence-corrected chi connectivity index (χ1v) is 12.8. The summed E-state index contributed by atoms with van der Waals surface area (Å²) >= 11 is 1.65. The van der Waals surface area contributed by atoms with Crippen molar-refractivity contribution in [1.82, 2.24) is 24.3 Å². The summed E-state index contributed by atoms with van der Waals surface area (Å²) in [6.07, 6.45) is 7.81. The number of rotatable bonds is 5. The van der Waals surface area contributed by atoms with Gasteiger partial charge >= 0.3 is 0 Å². The molecule has 0 radical (unpaired) electrons. The third kappa shape index (κ3) is 4.03. The predicted octanol–water partition coefficient (Wildman–Crippen LogP) is 5.12. The zero-order valence-electron chi connectivity index (χ0n) is 19.6. The number of nitrogens with one attached hydrogen (secondary N) is 1. The van der Waals surface area contributed by atoms with Gasteiger partial charge in [0.2, 0.25) is 0 Å². The Labute approximate surface area is 205 Å². The van der Waals surface area contributed by atoms with Crippen molar-refractivity contribution >= 4 is 39.0 Å². The summed E-state index contributed by atoms with van der Waals surface area (Å²) in [7, 11) is 0. The number of pyridine rings is 1. The number of imidazole rings is 1. The fraction of sp³-hybridized carbons (Fsp3) is 0.440. The SMILES string of the molecule is Cc1cn2cc(CNc3ncnc4ccc(N5CCC[C@@H]5C5C(F)C=CC(F)C5C)nc34)nc2s1. The Kier molecular flexibility index (Phi) is 5.63. The van der Waals surface area contributed by atoms with Crippen molar-refractivity contribution in [1.29, 1.82) is 0 Å². The average molecular weight is 496 g/mol. The molecule has 1 N–H and O–H groups in total. The summed E-state index contributed by atoms with van der Waals surface area (Å²) in [5.74, 6) is 0.592. The predicted molar refractivity (Wildman–Crippen MR) is 134 cm³/mol. The van der Waals surface area contributed by atoms with Crippen molar-refractivity contribution in [2.45, 2.75) is 51.6 Å². The zero-order chi connectivity index (χ0) is 24.1. The molecule has 1 aliphatic carbocycles. The van der Waals surface area contributed by atoms with Crippen LogP contribution in [0.3, 0.4) is 0 Å². The van der Waals surface area contributed by atoms with Gasteiger partial charge in [0.25, 0.3) is 0 Å². The van der Waals surface area contributed by atoms with Gasteiger partial charge in [0.15, 0.2) is 10.8 Å². The number of nitrogens with zero attached hydrogens (tertiary/aromatic N) is 6. The normalized spacial score (nSPS) is 26.7. The lowest BCUT2D eigenvalue weighted by atomic mass is 9.76. The highest BCUT2D eigenvalue weighted by Gasteiger charge is 2.43. The molecule has 0 amide bonds. The zero-order valence-corrected chi connectivity index (χ0v) is 20.4. The second-order valence-electron chi connectivity index (χ2n) is 9.49. The second kappa shape index (κ2) is 8.82. The van der Waals surface area contributed by atoms with Crippen LogP contribution in [0.4, 0.5) is 20.4 Å². The molecule has 5 atom stereocenters. The summed E-state index contributed by atoms with van der Waals surface area (Å²) in [6.45, 7) is 5.15. The van der Waals surface area contributed by atoms with E-state index < -0.39 is 18.3 Å². The number of aryl methyl sites for hydroxylation is 1. The van der Waals surface area contributed by atoms with Gasteiger partial charge < -0.3 is 10.2 Å². The molecular weight excluding hydrogens is 468 g/mol. The molecule has 1 aliphatic heterocycles. The van der Waals surface area contributed by atoms with Crippen molar-refractivity contribution in [3.63, 3.8) is 0 Å². The van der Waals surface area contributed by atoms with Gasteiger partial charge in [0.05, 0.1) is 17.8 Å². The number of allylic oxidation sites excluding steroid dienone is 2. The first-order chi connectivity index (χ1) is 17.0. The van der Waals surface area contributed by atoms with E-state index in [0.29, 0.717) is 17.9 Å². The molecule has 0 aromatic carbocycles. The van der Waals surface area contributed by atoms with Crippen LogP contribution >= 0.6 is 11.3 Å². The van der Waals surface area contributed by atoms with Gasteiger partial charge in [-0.2, -0.15) is 0 Å². The number of anilines is 2. The average Bonchev–Trinajstić information content (AvgIpc) is 3.55. The molecule has 0 saturated carbocycles. The van der Waals surface area contributed by atoms with Crippen LogP contribution in [0.2, 0.25) is 0 Å². The Morgan fingerprint density at radius 1 is 1.11 bits per heavy atom. The number of hydrogen-bond acceptors (Lipinski definition) is 7. The maximum Gasteiger partial charge on any atom is 0.194 e. The van der Waals surface area contributed by atoms with Crippen LogP contribution in [0.15, 0.2) is 43.0 Å². The molecule has 2 aliphatic rings. The van der Waals surface area contributed by atoms with Crippen molar-refractivity contribution in [2.75, 3.05) is 16.8 Å². The fourth-order valence-electron chi connectivity index (χ4n) is 5.50. The molecule has 35 heavy (non-hydrogen) atoms. The number of halogens is 2. The Hall–Kier alpha value is -3.14. The van der Waals surface area contributed by atoms with Crippen molar-refractivity contribution in [2.24, 2.45) is 11.8 Å². The Morgan fingerprint density at radius 3 is 2.83 bits per heavy atom. The van der Waals surface area contributed by atoms with Crippen molar-refractivity contribution in [3.8, 4) is 0 Å². The van der Waals surface area contributed by atoms with Gasteiger partial charge in [-0.1, -0.05) is 19.1 Å². The monoisotopic (exact) mass is 495 g/mol. The lowest BCUT2D eigenvalue weighted by molar-refractivity contribution is 0.115. The molecule has 0 spiro atoms. The largest absolute Gasteiger partial charge is 0.362 e. The van der Waals surface area contributed by atoms with Crippen LogP contribution in [0.5, 0.6) is 0 Å². The number of aromatic nitrogens is 5. The first kappa shape index (κ1) is 22.3. The number of hydrogen-bond donors (Lipinski definition) is 1. The maximum absolute atomic E-state index is 14.9. The molecular formula is C25H27F2N7S. The van der Waals surface area contributed by atoms with E-state index in [4.69, 9.17) is 4.98 Å². The van der Waals surface area contributed by atoms with Crippen LogP contribution in [0.1, 0.15) is 30.3 Å². The molecule has 6 rings (SSSR count). The summed E-state index contributed by atoms with van der Waals surface area (Å²) in [5, 5.41) is 3.36. The maximum atomic E-state index is 14.9. The van der Waals surface area contributed by atoms with Crippen LogP contribution in [-0.4, -0.2) is 49.3 Å². The van der Waals surface area contributed by atoms with Crippen LogP contribution in [-0.2, 0) is 6.54 Å². The van der Waals surface area contributed by atoms with E-state index in [1.807, 2.05) is 29.7 Å². The highest BCUT2D eigenvalue weighted by atomic mass is 32.1. The molecule has 7 nitrogen and oxygen atoms in total. The molecule has 0 bridgehead atoms. The topological polar surface area (TPSA) is 71.2 Å². The Bertz CT molecular complexity index is 1370. The standard InChI is InChI=1S/C25H27F2N7S/c1-14-11-33-12-16(31-25(33)35-14)10-28-24-23-19(29-13-30-24)7-8-21(32-23)34-9-3-4-20(34)22-15(2)17(26)5-6-18(22)27/h5-8,11-13,15,17-18,20,22H,3-4,9-10H2,1-2H3,(H,28,29,30)/t15?,17?,18?,20-,22?/m1/s1. The van der Waals surface area contributed by atoms with Gasteiger partial charge in [-0.05, 0) is 37.8 Å². The lowest BCUT2D eigenvalue weighted by Crippen LogP contribution is -2.46. The lowest BCUT2D eigenvalue weighted by Gasteiger charge is -2.39. The quantitative estimate of drug-likeness (QED) is 0.388. The van der Waals surface area contributed by atoms with Crippen LogP contribution in [0.25, 0.3) is 16.0 Å². The molecule has 4 unspecified atom stereocenters. The Morgan fingerprint density at radius 2 is 1.97 bits per heavy atom. The van der Waals surface area contributed by atoms with Gasteiger partial charge in [-0.25, -0.2) is 28.7 Å². The summed E-state index contributed by atoms with van der Waals surface area (Å²) in [6, 6.07) is 3.74. The molecule has 1 fully saturated rings.